The Balaban J connectivity index is 2.05. The molecule has 0 aliphatic heterocycles. The Labute approximate surface area is 156 Å². The topological polar surface area (TPSA) is 49.4 Å². The van der Waals surface area contributed by atoms with Gasteiger partial charge < -0.3 is 10.2 Å². The number of benzene rings is 2. The molecular weight excluding hydrogens is 324 g/mol. The van der Waals surface area contributed by atoms with Gasteiger partial charge in [0.25, 0.3) is 5.91 Å². The number of nitrogens with one attached hydrogen (secondary N) is 1. The first kappa shape index (κ1) is 19.7. The van der Waals surface area contributed by atoms with Crippen LogP contribution >= 0.6 is 0 Å². The number of carbonyl (C=O) groups excluding carboxylic acids is 2. The van der Waals surface area contributed by atoms with Crippen molar-refractivity contribution in [3.63, 3.8) is 0 Å². The molecule has 2 amide bonds. The summed E-state index contributed by atoms with van der Waals surface area (Å²) in [7, 11) is 1.83. The minimum Gasteiger partial charge on any atom is -0.354 e. The van der Waals surface area contributed by atoms with Gasteiger partial charge in [0, 0.05) is 32.1 Å². The van der Waals surface area contributed by atoms with Gasteiger partial charge in [-0.1, -0.05) is 43.3 Å². The molecule has 0 aromatic heterocycles. The number of amides is 2. The van der Waals surface area contributed by atoms with E-state index in [-0.39, 0.29) is 17.9 Å². The maximum atomic E-state index is 12.3. The fraction of sp³-hybridized carbons (Fsp3) is 0.364. The van der Waals surface area contributed by atoms with Gasteiger partial charge in [0.05, 0.1) is 0 Å². The zero-order valence-electron chi connectivity index (χ0n) is 16.1. The van der Waals surface area contributed by atoms with Crippen LogP contribution in [0.15, 0.2) is 48.5 Å². The second kappa shape index (κ2) is 9.18. The van der Waals surface area contributed by atoms with Gasteiger partial charge in [-0.2, -0.15) is 0 Å². The van der Waals surface area contributed by atoms with Crippen LogP contribution in [0.2, 0.25) is 0 Å². The predicted molar refractivity (Wildman–Crippen MR) is 106 cm³/mol. The van der Waals surface area contributed by atoms with E-state index >= 15 is 0 Å². The molecule has 2 aromatic carbocycles. The average molecular weight is 352 g/mol. The summed E-state index contributed by atoms with van der Waals surface area (Å²) in [6, 6.07) is 16.2. The summed E-state index contributed by atoms with van der Waals surface area (Å²) in [5.41, 5.74) is 4.09. The van der Waals surface area contributed by atoms with Crippen LogP contribution < -0.4 is 5.32 Å². The van der Waals surface area contributed by atoms with E-state index in [1.54, 1.807) is 4.90 Å². The van der Waals surface area contributed by atoms with Gasteiger partial charge in [0.2, 0.25) is 5.91 Å². The van der Waals surface area contributed by atoms with E-state index in [1.807, 2.05) is 38.2 Å². The van der Waals surface area contributed by atoms with Crippen molar-refractivity contribution >= 4 is 11.8 Å². The van der Waals surface area contributed by atoms with Crippen molar-refractivity contribution in [1.29, 1.82) is 0 Å². The Hall–Kier alpha value is -2.62. The second-order valence-electron chi connectivity index (χ2n) is 6.81. The monoisotopic (exact) mass is 352 g/mol. The number of hydrogen-bond acceptors (Lipinski definition) is 2. The molecule has 4 heteroatoms. The maximum Gasteiger partial charge on any atom is 0.253 e. The molecule has 0 heterocycles. The van der Waals surface area contributed by atoms with E-state index in [4.69, 9.17) is 0 Å². The summed E-state index contributed by atoms with van der Waals surface area (Å²) >= 11 is 0. The van der Waals surface area contributed by atoms with Crippen molar-refractivity contribution in [2.75, 3.05) is 13.6 Å². The molecule has 0 saturated carbocycles. The Kier molecular flexibility index (Phi) is 6.96. The molecule has 26 heavy (non-hydrogen) atoms. The van der Waals surface area contributed by atoms with Crippen molar-refractivity contribution in [3.05, 3.63) is 59.7 Å². The Morgan fingerprint density at radius 3 is 2.04 bits per heavy atom. The fourth-order valence-corrected chi connectivity index (χ4v) is 3.05. The normalized spacial score (nSPS) is 11.7. The molecule has 1 unspecified atom stereocenters. The number of rotatable bonds is 7. The number of nitrogens with zero attached hydrogens (tertiary/aromatic N) is 1. The van der Waals surface area contributed by atoms with Crippen LogP contribution in [0.25, 0.3) is 11.1 Å². The minimum atomic E-state index is -0.00617. The SMILES string of the molecule is CCCN(C)C(=O)c1ccc(-c2ccc(CC(C)NC(C)=O)cc2)cc1. The maximum absolute atomic E-state index is 12.3. The van der Waals surface area contributed by atoms with E-state index in [2.05, 4.69) is 36.5 Å². The van der Waals surface area contributed by atoms with E-state index in [0.29, 0.717) is 5.56 Å². The highest BCUT2D eigenvalue weighted by Crippen LogP contribution is 2.21. The van der Waals surface area contributed by atoms with Gasteiger partial charge in [0.1, 0.15) is 0 Å². The molecule has 1 N–H and O–H groups in total. The predicted octanol–water partition coefficient (Wildman–Crippen LogP) is 3.90. The van der Waals surface area contributed by atoms with Gasteiger partial charge in [-0.15, -0.1) is 0 Å². The highest BCUT2D eigenvalue weighted by Gasteiger charge is 2.11. The zero-order valence-corrected chi connectivity index (χ0v) is 16.1. The van der Waals surface area contributed by atoms with Crippen LogP contribution in [0.4, 0.5) is 0 Å². The standard InChI is InChI=1S/C22H28N2O2/c1-5-14-24(4)22(26)21-12-10-20(11-13-21)19-8-6-18(7-9-19)15-16(2)23-17(3)25/h6-13,16H,5,14-15H2,1-4H3,(H,23,25). The van der Waals surface area contributed by atoms with Crippen molar-refractivity contribution in [3.8, 4) is 11.1 Å². The summed E-state index contributed by atoms with van der Waals surface area (Å²) in [6.45, 7) is 6.36. The van der Waals surface area contributed by atoms with Crippen molar-refractivity contribution in [2.45, 2.75) is 39.7 Å². The van der Waals surface area contributed by atoms with Gasteiger partial charge in [-0.3, -0.25) is 9.59 Å². The molecule has 0 aliphatic rings. The summed E-state index contributed by atoms with van der Waals surface area (Å²) in [4.78, 5) is 25.2. The third-order valence-electron chi connectivity index (χ3n) is 4.32. The van der Waals surface area contributed by atoms with E-state index < -0.39 is 0 Å². The van der Waals surface area contributed by atoms with Crippen LogP contribution in [0, 0.1) is 0 Å². The molecule has 0 bridgehead atoms. The van der Waals surface area contributed by atoms with Gasteiger partial charge in [0.15, 0.2) is 0 Å². The first-order valence-electron chi connectivity index (χ1n) is 9.12. The molecule has 0 spiro atoms. The highest BCUT2D eigenvalue weighted by atomic mass is 16.2. The Morgan fingerprint density at radius 1 is 1.00 bits per heavy atom. The summed E-state index contributed by atoms with van der Waals surface area (Å²) in [5.74, 6) is 0.0500. The van der Waals surface area contributed by atoms with Crippen LogP contribution in [0.1, 0.15) is 43.1 Å². The van der Waals surface area contributed by atoms with Crippen LogP contribution in [-0.2, 0) is 11.2 Å². The van der Waals surface area contributed by atoms with E-state index in [9.17, 15) is 9.59 Å². The quantitative estimate of drug-likeness (QED) is 0.821. The molecule has 0 radical (unpaired) electrons. The number of carbonyl (C=O) groups is 2. The lowest BCUT2D eigenvalue weighted by atomic mass is 10.00. The largest absolute Gasteiger partial charge is 0.354 e. The first-order chi connectivity index (χ1) is 12.4. The van der Waals surface area contributed by atoms with Gasteiger partial charge in [-0.05, 0) is 48.6 Å². The molecule has 1 atom stereocenters. The molecule has 138 valence electrons. The summed E-state index contributed by atoms with van der Waals surface area (Å²) in [6.07, 6.45) is 1.75. The molecule has 4 nitrogen and oxygen atoms in total. The molecule has 2 rings (SSSR count). The minimum absolute atomic E-state index is 0.00617. The van der Waals surface area contributed by atoms with Crippen LogP contribution in [0.3, 0.4) is 0 Å². The van der Waals surface area contributed by atoms with Crippen molar-refractivity contribution < 1.29 is 9.59 Å². The average Bonchev–Trinajstić information content (AvgIpc) is 2.61. The van der Waals surface area contributed by atoms with Crippen molar-refractivity contribution in [2.24, 2.45) is 0 Å². The summed E-state index contributed by atoms with van der Waals surface area (Å²) in [5, 5.41) is 2.90. The van der Waals surface area contributed by atoms with Gasteiger partial charge >= 0.3 is 0 Å². The first-order valence-corrected chi connectivity index (χ1v) is 9.12. The van der Waals surface area contributed by atoms with Crippen LogP contribution in [-0.4, -0.2) is 36.3 Å². The molecule has 2 aromatic rings. The Morgan fingerprint density at radius 2 is 1.54 bits per heavy atom. The molecule has 0 aliphatic carbocycles. The Bertz CT molecular complexity index is 736. The third kappa shape index (κ3) is 5.45. The third-order valence-corrected chi connectivity index (χ3v) is 4.32. The highest BCUT2D eigenvalue weighted by molar-refractivity contribution is 5.94. The number of hydrogen-bond donors (Lipinski definition) is 1. The zero-order chi connectivity index (χ0) is 19.1. The fourth-order valence-electron chi connectivity index (χ4n) is 3.05. The lowest BCUT2D eigenvalue weighted by Gasteiger charge is -2.16. The molecular formula is C22H28N2O2. The lowest BCUT2D eigenvalue weighted by Crippen LogP contribution is -2.31. The molecule has 0 saturated heterocycles. The smallest absolute Gasteiger partial charge is 0.253 e. The van der Waals surface area contributed by atoms with E-state index in [0.717, 1.165) is 30.5 Å². The second-order valence-corrected chi connectivity index (χ2v) is 6.81. The van der Waals surface area contributed by atoms with Crippen LogP contribution in [0.5, 0.6) is 0 Å². The lowest BCUT2D eigenvalue weighted by molar-refractivity contribution is -0.119. The van der Waals surface area contributed by atoms with Gasteiger partial charge in [-0.25, -0.2) is 0 Å². The molecule has 0 fully saturated rings. The van der Waals surface area contributed by atoms with Crippen molar-refractivity contribution in [1.82, 2.24) is 10.2 Å². The van der Waals surface area contributed by atoms with E-state index in [1.165, 1.54) is 12.5 Å². The summed E-state index contributed by atoms with van der Waals surface area (Å²) < 4.78 is 0.